The van der Waals surface area contributed by atoms with Crippen LogP contribution in [0.25, 0.3) is 0 Å². The molecule has 0 bridgehead atoms. The SMILES string of the molecule is Cc1nn(C)cc1NC(=O)c1cccc(COc2ccc(Br)cc2)c1. The number of nitrogens with one attached hydrogen (secondary N) is 1. The Morgan fingerprint density at radius 2 is 2.00 bits per heavy atom. The van der Waals surface area contributed by atoms with Crippen LogP contribution in [0.4, 0.5) is 5.69 Å². The maximum atomic E-state index is 12.4. The van der Waals surface area contributed by atoms with Crippen LogP contribution in [0.15, 0.2) is 59.2 Å². The Hall–Kier alpha value is -2.60. The second-order valence-electron chi connectivity index (χ2n) is 5.70. The van der Waals surface area contributed by atoms with Crippen LogP contribution in [0, 0.1) is 6.92 Å². The summed E-state index contributed by atoms with van der Waals surface area (Å²) in [7, 11) is 1.82. The highest BCUT2D eigenvalue weighted by molar-refractivity contribution is 9.10. The number of ether oxygens (including phenoxy) is 1. The molecule has 0 atom stereocenters. The quantitative estimate of drug-likeness (QED) is 0.694. The number of rotatable bonds is 5. The van der Waals surface area contributed by atoms with Gasteiger partial charge in [0.05, 0.1) is 11.4 Å². The minimum Gasteiger partial charge on any atom is -0.489 e. The molecule has 0 aliphatic carbocycles. The van der Waals surface area contributed by atoms with Crippen LogP contribution in [0.2, 0.25) is 0 Å². The summed E-state index contributed by atoms with van der Waals surface area (Å²) >= 11 is 3.39. The predicted octanol–water partition coefficient (Wildman–Crippen LogP) is 4.32. The van der Waals surface area contributed by atoms with Crippen LogP contribution in [-0.2, 0) is 13.7 Å². The smallest absolute Gasteiger partial charge is 0.255 e. The van der Waals surface area contributed by atoms with Gasteiger partial charge < -0.3 is 10.1 Å². The second kappa shape index (κ2) is 7.53. The molecule has 0 aliphatic heterocycles. The van der Waals surface area contributed by atoms with Gasteiger partial charge in [-0.1, -0.05) is 28.1 Å². The third-order valence-corrected chi connectivity index (χ3v) is 4.20. The Kier molecular flexibility index (Phi) is 5.19. The molecule has 3 rings (SSSR count). The molecule has 0 fully saturated rings. The summed E-state index contributed by atoms with van der Waals surface area (Å²) < 4.78 is 8.43. The Balaban J connectivity index is 1.67. The van der Waals surface area contributed by atoms with Gasteiger partial charge in [-0.25, -0.2) is 0 Å². The van der Waals surface area contributed by atoms with Crippen LogP contribution in [0.3, 0.4) is 0 Å². The number of nitrogens with zero attached hydrogens (tertiary/aromatic N) is 2. The molecule has 0 spiro atoms. The highest BCUT2D eigenvalue weighted by Gasteiger charge is 2.10. The number of hydrogen-bond acceptors (Lipinski definition) is 3. The summed E-state index contributed by atoms with van der Waals surface area (Å²) in [6, 6.07) is 15.0. The maximum Gasteiger partial charge on any atom is 0.255 e. The zero-order chi connectivity index (χ0) is 17.8. The third-order valence-electron chi connectivity index (χ3n) is 3.67. The van der Waals surface area contributed by atoms with Crippen molar-refractivity contribution < 1.29 is 9.53 Å². The Morgan fingerprint density at radius 1 is 1.24 bits per heavy atom. The number of anilines is 1. The monoisotopic (exact) mass is 399 g/mol. The molecule has 0 radical (unpaired) electrons. The fourth-order valence-corrected chi connectivity index (χ4v) is 2.68. The zero-order valence-electron chi connectivity index (χ0n) is 14.0. The minimum absolute atomic E-state index is 0.165. The first-order valence-electron chi connectivity index (χ1n) is 7.80. The lowest BCUT2D eigenvalue weighted by molar-refractivity contribution is 0.102. The van der Waals surface area contributed by atoms with Crippen molar-refractivity contribution >= 4 is 27.5 Å². The molecule has 3 aromatic rings. The van der Waals surface area contributed by atoms with E-state index in [1.54, 1.807) is 16.9 Å². The summed E-state index contributed by atoms with van der Waals surface area (Å²) in [5.41, 5.74) is 3.01. The van der Waals surface area contributed by atoms with E-state index < -0.39 is 0 Å². The molecule has 25 heavy (non-hydrogen) atoms. The minimum atomic E-state index is -0.165. The standard InChI is InChI=1S/C19H18BrN3O2/c1-13-18(11-23(2)22-13)21-19(24)15-5-3-4-14(10-15)12-25-17-8-6-16(20)7-9-17/h3-11H,12H2,1-2H3,(H,21,24). The summed E-state index contributed by atoms with van der Waals surface area (Å²) in [4.78, 5) is 12.4. The van der Waals surface area contributed by atoms with Gasteiger partial charge in [0.15, 0.2) is 0 Å². The highest BCUT2D eigenvalue weighted by Crippen LogP contribution is 2.18. The first-order valence-corrected chi connectivity index (χ1v) is 8.59. The maximum absolute atomic E-state index is 12.4. The molecule has 0 saturated heterocycles. The van der Waals surface area contributed by atoms with Gasteiger partial charge in [-0.2, -0.15) is 5.10 Å². The Bertz CT molecular complexity index is 888. The second-order valence-corrected chi connectivity index (χ2v) is 6.61. The topological polar surface area (TPSA) is 56.2 Å². The van der Waals surface area contributed by atoms with Crippen LogP contribution in [0.1, 0.15) is 21.6 Å². The third kappa shape index (κ3) is 4.48. The molecule has 1 amide bonds. The number of carbonyl (C=O) groups is 1. The van der Waals surface area contributed by atoms with Crippen molar-refractivity contribution in [1.29, 1.82) is 0 Å². The lowest BCUT2D eigenvalue weighted by atomic mass is 10.1. The number of amides is 1. The average molecular weight is 400 g/mol. The molecule has 128 valence electrons. The molecule has 1 heterocycles. The van der Waals surface area contributed by atoms with Crippen LogP contribution >= 0.6 is 15.9 Å². The Morgan fingerprint density at radius 3 is 2.68 bits per heavy atom. The van der Waals surface area contributed by atoms with E-state index >= 15 is 0 Å². The van der Waals surface area contributed by atoms with Gasteiger partial charge in [0, 0.05) is 23.3 Å². The summed E-state index contributed by atoms with van der Waals surface area (Å²) in [5, 5.41) is 7.11. The van der Waals surface area contributed by atoms with Gasteiger partial charge in [0.25, 0.3) is 5.91 Å². The molecular weight excluding hydrogens is 382 g/mol. The first kappa shape index (κ1) is 17.2. The van der Waals surface area contributed by atoms with Gasteiger partial charge in [0.2, 0.25) is 0 Å². The van der Waals surface area contributed by atoms with Crippen molar-refractivity contribution in [2.24, 2.45) is 7.05 Å². The molecule has 1 N–H and O–H groups in total. The van der Waals surface area contributed by atoms with Gasteiger partial charge in [0.1, 0.15) is 12.4 Å². The van der Waals surface area contributed by atoms with Crippen LogP contribution in [-0.4, -0.2) is 15.7 Å². The molecular formula is C19H18BrN3O2. The van der Waals surface area contributed by atoms with E-state index in [1.807, 2.05) is 56.4 Å². The molecule has 2 aromatic carbocycles. The van der Waals surface area contributed by atoms with Gasteiger partial charge in [-0.05, 0) is 48.9 Å². The van der Waals surface area contributed by atoms with E-state index in [9.17, 15) is 4.79 Å². The normalized spacial score (nSPS) is 10.5. The van der Waals surface area contributed by atoms with E-state index in [1.165, 1.54) is 0 Å². The lowest BCUT2D eigenvalue weighted by Gasteiger charge is -2.08. The molecule has 0 saturated carbocycles. The van der Waals surface area contributed by atoms with Crippen molar-refractivity contribution in [3.8, 4) is 5.75 Å². The van der Waals surface area contributed by atoms with Crippen molar-refractivity contribution in [2.75, 3.05) is 5.32 Å². The number of hydrogen-bond donors (Lipinski definition) is 1. The number of carbonyl (C=O) groups excluding carboxylic acids is 1. The fraction of sp³-hybridized carbons (Fsp3) is 0.158. The highest BCUT2D eigenvalue weighted by atomic mass is 79.9. The average Bonchev–Trinajstić information content (AvgIpc) is 2.92. The van der Waals surface area contributed by atoms with E-state index in [-0.39, 0.29) is 5.91 Å². The van der Waals surface area contributed by atoms with E-state index in [0.29, 0.717) is 17.9 Å². The zero-order valence-corrected chi connectivity index (χ0v) is 15.6. The lowest BCUT2D eigenvalue weighted by Crippen LogP contribution is -2.12. The molecule has 5 nitrogen and oxygen atoms in total. The largest absolute Gasteiger partial charge is 0.489 e. The van der Waals surface area contributed by atoms with E-state index in [4.69, 9.17) is 4.74 Å². The molecule has 1 aromatic heterocycles. The van der Waals surface area contributed by atoms with Crippen molar-refractivity contribution in [3.05, 3.63) is 76.0 Å². The van der Waals surface area contributed by atoms with Crippen molar-refractivity contribution in [1.82, 2.24) is 9.78 Å². The Labute approximate surface area is 154 Å². The van der Waals surface area contributed by atoms with Gasteiger partial charge in [-0.15, -0.1) is 0 Å². The number of aryl methyl sites for hydroxylation is 2. The van der Waals surface area contributed by atoms with E-state index in [0.717, 1.165) is 21.5 Å². The molecule has 0 unspecified atom stereocenters. The van der Waals surface area contributed by atoms with Crippen molar-refractivity contribution in [3.63, 3.8) is 0 Å². The number of benzene rings is 2. The number of aromatic nitrogens is 2. The molecule has 6 heteroatoms. The summed E-state index contributed by atoms with van der Waals surface area (Å²) in [6.07, 6.45) is 1.79. The number of halogens is 1. The van der Waals surface area contributed by atoms with E-state index in [2.05, 4.69) is 26.3 Å². The van der Waals surface area contributed by atoms with Crippen LogP contribution in [0.5, 0.6) is 5.75 Å². The molecule has 0 aliphatic rings. The fourth-order valence-electron chi connectivity index (χ4n) is 2.42. The summed E-state index contributed by atoms with van der Waals surface area (Å²) in [5.74, 6) is 0.616. The summed E-state index contributed by atoms with van der Waals surface area (Å²) in [6.45, 7) is 2.26. The van der Waals surface area contributed by atoms with Crippen LogP contribution < -0.4 is 10.1 Å². The van der Waals surface area contributed by atoms with Gasteiger partial charge in [-0.3, -0.25) is 9.48 Å². The first-order chi connectivity index (χ1) is 12.0. The van der Waals surface area contributed by atoms with Crippen molar-refractivity contribution in [2.45, 2.75) is 13.5 Å². The predicted molar refractivity (Wildman–Crippen MR) is 101 cm³/mol. The van der Waals surface area contributed by atoms with Gasteiger partial charge >= 0.3 is 0 Å².